The van der Waals surface area contributed by atoms with E-state index in [9.17, 15) is 13.2 Å². The topological polar surface area (TPSA) is 97.2 Å². The molecule has 0 spiro atoms. The molecule has 8 nitrogen and oxygen atoms in total. The highest BCUT2D eigenvalue weighted by atomic mass is 35.5. The maximum Gasteiger partial charge on any atom is 0.255 e. The van der Waals surface area contributed by atoms with Gasteiger partial charge >= 0.3 is 0 Å². The Kier molecular flexibility index (Phi) is 6.08. The highest BCUT2D eigenvalue weighted by molar-refractivity contribution is 7.89. The van der Waals surface area contributed by atoms with Crippen LogP contribution in [-0.4, -0.2) is 46.0 Å². The summed E-state index contributed by atoms with van der Waals surface area (Å²) in [5.74, 6) is -0.390. The third kappa shape index (κ3) is 4.48. The van der Waals surface area contributed by atoms with Crippen molar-refractivity contribution in [3.63, 3.8) is 0 Å². The van der Waals surface area contributed by atoms with Crippen molar-refractivity contribution in [1.29, 1.82) is 0 Å². The van der Waals surface area contributed by atoms with E-state index in [4.69, 9.17) is 11.6 Å². The minimum absolute atomic E-state index is 0.0280. The molecule has 1 unspecified atom stereocenters. The van der Waals surface area contributed by atoms with Gasteiger partial charge in [0.25, 0.3) is 5.91 Å². The second-order valence-corrected chi connectivity index (χ2v) is 9.77. The quantitative estimate of drug-likeness (QED) is 0.626. The van der Waals surface area contributed by atoms with E-state index in [-0.39, 0.29) is 16.8 Å². The molecule has 1 aliphatic heterocycles. The number of nitrogens with one attached hydrogen (secondary N) is 1. The monoisotopic (exact) mass is 459 g/mol. The van der Waals surface area contributed by atoms with Gasteiger partial charge < -0.3 is 5.32 Å². The summed E-state index contributed by atoms with van der Waals surface area (Å²) in [6.45, 7) is 2.45. The van der Waals surface area contributed by atoms with Crippen molar-refractivity contribution < 1.29 is 13.2 Å². The Morgan fingerprint density at radius 2 is 1.94 bits per heavy atom. The van der Waals surface area contributed by atoms with Gasteiger partial charge in [0.15, 0.2) is 0 Å². The van der Waals surface area contributed by atoms with Crippen LogP contribution in [0.1, 0.15) is 36.5 Å². The van der Waals surface area contributed by atoms with Crippen molar-refractivity contribution in [2.45, 2.75) is 37.1 Å². The zero-order chi connectivity index (χ0) is 22.0. The first-order chi connectivity index (χ1) is 14.9. The van der Waals surface area contributed by atoms with Crippen molar-refractivity contribution in [2.75, 3.05) is 11.9 Å². The smallest absolute Gasteiger partial charge is 0.255 e. The standard InChI is InChI=1S/C21H22ClN5O3S/c1-15-4-2-3-11-27(15)31(29,30)18-8-5-16(6-9-18)21(28)25-19-12-17(22)7-10-20(19)26-14-23-13-24-26/h5-10,12-15H,2-4,11H2,1H3,(H,25,28). The number of halogens is 1. The molecule has 0 aliphatic carbocycles. The molecule has 0 bridgehead atoms. The lowest BCUT2D eigenvalue weighted by Crippen LogP contribution is -2.41. The molecule has 1 aliphatic rings. The Balaban J connectivity index is 1.55. The van der Waals surface area contributed by atoms with Crippen molar-refractivity contribution in [3.8, 4) is 5.69 Å². The molecule has 10 heteroatoms. The van der Waals surface area contributed by atoms with Crippen LogP contribution in [0.3, 0.4) is 0 Å². The van der Waals surface area contributed by atoms with E-state index < -0.39 is 10.0 Å². The molecular formula is C21H22ClN5O3S. The number of piperidine rings is 1. The van der Waals surface area contributed by atoms with E-state index in [2.05, 4.69) is 15.4 Å². The van der Waals surface area contributed by atoms with Gasteiger partial charge in [-0.05, 0) is 62.2 Å². The van der Waals surface area contributed by atoms with Crippen LogP contribution < -0.4 is 5.32 Å². The van der Waals surface area contributed by atoms with Gasteiger partial charge in [0, 0.05) is 23.2 Å². The van der Waals surface area contributed by atoms with Crippen LogP contribution >= 0.6 is 11.6 Å². The predicted molar refractivity (Wildman–Crippen MR) is 118 cm³/mol. The number of anilines is 1. The number of aromatic nitrogens is 3. The number of sulfonamides is 1. The minimum Gasteiger partial charge on any atom is -0.320 e. The van der Waals surface area contributed by atoms with Gasteiger partial charge in [0.05, 0.1) is 16.3 Å². The Hall–Kier alpha value is -2.75. The molecule has 1 N–H and O–H groups in total. The fraction of sp³-hybridized carbons (Fsp3) is 0.286. The van der Waals surface area contributed by atoms with E-state index in [0.717, 1.165) is 19.3 Å². The summed E-state index contributed by atoms with van der Waals surface area (Å²) in [4.78, 5) is 16.9. The number of hydrogen-bond donors (Lipinski definition) is 1. The average Bonchev–Trinajstić information content (AvgIpc) is 3.29. The minimum atomic E-state index is -3.59. The van der Waals surface area contributed by atoms with Gasteiger partial charge in [-0.25, -0.2) is 18.1 Å². The molecule has 1 amide bonds. The first kappa shape index (κ1) is 21.5. The summed E-state index contributed by atoms with van der Waals surface area (Å²) in [5, 5.41) is 7.35. The molecule has 31 heavy (non-hydrogen) atoms. The van der Waals surface area contributed by atoms with Crippen LogP contribution in [0.2, 0.25) is 5.02 Å². The normalized spacial score (nSPS) is 17.4. The van der Waals surface area contributed by atoms with Crippen molar-refractivity contribution in [1.82, 2.24) is 19.1 Å². The fourth-order valence-corrected chi connectivity index (χ4v) is 5.55. The lowest BCUT2D eigenvalue weighted by molar-refractivity contribution is 0.102. The van der Waals surface area contributed by atoms with E-state index in [1.54, 1.807) is 22.5 Å². The zero-order valence-corrected chi connectivity index (χ0v) is 18.5. The van der Waals surface area contributed by atoms with Gasteiger partial charge in [0.2, 0.25) is 10.0 Å². The predicted octanol–water partition coefficient (Wildman–Crippen LogP) is 3.74. The zero-order valence-electron chi connectivity index (χ0n) is 16.9. The van der Waals surface area contributed by atoms with Crippen LogP contribution in [0.4, 0.5) is 5.69 Å². The lowest BCUT2D eigenvalue weighted by Gasteiger charge is -2.32. The summed E-state index contributed by atoms with van der Waals surface area (Å²) < 4.78 is 29.0. The molecule has 2 aromatic carbocycles. The highest BCUT2D eigenvalue weighted by Gasteiger charge is 2.30. The molecule has 1 saturated heterocycles. The van der Waals surface area contributed by atoms with Gasteiger partial charge in [-0.2, -0.15) is 9.40 Å². The maximum absolute atomic E-state index is 13.0. The van der Waals surface area contributed by atoms with Crippen molar-refractivity contribution >= 4 is 33.2 Å². The summed E-state index contributed by atoms with van der Waals surface area (Å²) in [6.07, 6.45) is 5.65. The second kappa shape index (κ2) is 8.78. The number of nitrogens with zero attached hydrogens (tertiary/aromatic N) is 4. The van der Waals surface area contributed by atoms with Crippen molar-refractivity contribution in [3.05, 3.63) is 65.7 Å². The Labute approximate surface area is 185 Å². The SMILES string of the molecule is CC1CCCCN1S(=O)(=O)c1ccc(C(=O)Nc2cc(Cl)ccc2-n2cncn2)cc1. The van der Waals surface area contributed by atoms with Crippen LogP contribution in [0, 0.1) is 0 Å². The Morgan fingerprint density at radius 1 is 1.16 bits per heavy atom. The maximum atomic E-state index is 13.0. The van der Waals surface area contributed by atoms with Gasteiger partial charge in [-0.3, -0.25) is 4.79 Å². The van der Waals surface area contributed by atoms with Crippen LogP contribution in [-0.2, 0) is 10.0 Å². The molecule has 0 radical (unpaired) electrons. The highest BCUT2D eigenvalue weighted by Crippen LogP contribution is 2.27. The van der Waals surface area contributed by atoms with Gasteiger partial charge in [0.1, 0.15) is 12.7 Å². The first-order valence-corrected chi connectivity index (χ1v) is 11.8. The van der Waals surface area contributed by atoms with Crippen molar-refractivity contribution in [2.24, 2.45) is 0 Å². The summed E-state index contributed by atoms with van der Waals surface area (Å²) in [7, 11) is -3.59. The van der Waals surface area contributed by atoms with E-state index in [1.165, 1.54) is 41.6 Å². The average molecular weight is 460 g/mol. The lowest BCUT2D eigenvalue weighted by atomic mass is 10.1. The number of hydrogen-bond acceptors (Lipinski definition) is 5. The van der Waals surface area contributed by atoms with Crippen LogP contribution in [0.15, 0.2) is 60.0 Å². The number of rotatable bonds is 5. The summed E-state index contributed by atoms with van der Waals surface area (Å²) in [5.41, 5.74) is 1.39. The number of carbonyl (C=O) groups excluding carboxylic acids is 1. The van der Waals surface area contributed by atoms with Gasteiger partial charge in [-0.15, -0.1) is 0 Å². The molecule has 0 saturated carbocycles. The van der Waals surface area contributed by atoms with Gasteiger partial charge in [-0.1, -0.05) is 18.0 Å². The molecule has 3 aromatic rings. The van der Waals surface area contributed by atoms with E-state index in [0.29, 0.717) is 28.5 Å². The third-order valence-corrected chi connectivity index (χ3v) is 7.60. The molecule has 4 rings (SSSR count). The molecule has 1 aromatic heterocycles. The molecule has 1 atom stereocenters. The molecule has 162 valence electrons. The summed E-state index contributed by atoms with van der Waals surface area (Å²) >= 11 is 6.10. The molecule has 2 heterocycles. The molecular weight excluding hydrogens is 438 g/mol. The Morgan fingerprint density at radius 3 is 2.61 bits per heavy atom. The number of benzene rings is 2. The van der Waals surface area contributed by atoms with Crippen LogP contribution in [0.25, 0.3) is 5.69 Å². The summed E-state index contributed by atoms with van der Waals surface area (Å²) in [6, 6.07) is 11.0. The largest absolute Gasteiger partial charge is 0.320 e. The van der Waals surface area contributed by atoms with Crippen LogP contribution in [0.5, 0.6) is 0 Å². The number of amides is 1. The second-order valence-electron chi connectivity index (χ2n) is 7.44. The Bertz CT molecular complexity index is 1180. The van der Waals surface area contributed by atoms with E-state index >= 15 is 0 Å². The number of carbonyl (C=O) groups is 1. The third-order valence-electron chi connectivity index (χ3n) is 5.34. The fourth-order valence-electron chi connectivity index (χ4n) is 3.68. The first-order valence-electron chi connectivity index (χ1n) is 9.94. The van der Waals surface area contributed by atoms with E-state index in [1.807, 2.05) is 6.92 Å². The molecule has 1 fully saturated rings.